The third-order valence-electron chi connectivity index (χ3n) is 4.10. The van der Waals surface area contributed by atoms with E-state index in [-0.39, 0.29) is 11.5 Å². The first-order chi connectivity index (χ1) is 11.4. The first-order valence-electron chi connectivity index (χ1n) is 8.85. The normalized spacial score (nSPS) is 18.8. The third-order valence-corrected chi connectivity index (χ3v) is 4.10. The maximum atomic E-state index is 9.69. The van der Waals surface area contributed by atoms with E-state index in [0.29, 0.717) is 19.7 Å². The van der Waals surface area contributed by atoms with Gasteiger partial charge in [0.15, 0.2) is 5.96 Å². The van der Waals surface area contributed by atoms with Gasteiger partial charge in [0.2, 0.25) is 0 Å². The van der Waals surface area contributed by atoms with E-state index < -0.39 is 0 Å². The van der Waals surface area contributed by atoms with Crippen molar-refractivity contribution in [2.75, 3.05) is 32.8 Å². The number of rotatable bonds is 5. The van der Waals surface area contributed by atoms with Crippen molar-refractivity contribution in [3.63, 3.8) is 0 Å². The molecule has 24 heavy (non-hydrogen) atoms. The Morgan fingerprint density at radius 3 is 2.75 bits per heavy atom. The molecule has 1 heterocycles. The number of hydrogen-bond donors (Lipinski definition) is 2. The van der Waals surface area contributed by atoms with Gasteiger partial charge in [0, 0.05) is 19.6 Å². The number of nitrogens with zero attached hydrogens (tertiary/aromatic N) is 2. The van der Waals surface area contributed by atoms with Crippen LogP contribution < -0.4 is 10.1 Å². The fourth-order valence-electron chi connectivity index (χ4n) is 2.88. The molecule has 1 aromatic rings. The van der Waals surface area contributed by atoms with Crippen molar-refractivity contribution in [1.29, 1.82) is 0 Å². The van der Waals surface area contributed by atoms with Crippen molar-refractivity contribution in [1.82, 2.24) is 10.2 Å². The Morgan fingerprint density at radius 1 is 1.38 bits per heavy atom. The maximum absolute atomic E-state index is 9.69. The second-order valence-corrected chi connectivity index (χ2v) is 7.22. The monoisotopic (exact) mass is 333 g/mol. The summed E-state index contributed by atoms with van der Waals surface area (Å²) in [4.78, 5) is 6.74. The van der Waals surface area contributed by atoms with Gasteiger partial charge >= 0.3 is 0 Å². The molecular formula is C19H31N3O2. The van der Waals surface area contributed by atoms with Crippen LogP contribution in [0.1, 0.15) is 39.7 Å². The lowest BCUT2D eigenvalue weighted by atomic mass is 9.86. The Balaban J connectivity index is 1.93. The number of likely N-dealkylation sites (tertiary alicyclic amines) is 1. The van der Waals surface area contributed by atoms with Crippen molar-refractivity contribution < 1.29 is 9.84 Å². The Labute approximate surface area is 145 Å². The molecule has 0 amide bonds. The van der Waals surface area contributed by atoms with Gasteiger partial charge in [-0.15, -0.1) is 0 Å². The highest BCUT2D eigenvalue weighted by Gasteiger charge is 2.22. The van der Waals surface area contributed by atoms with Crippen LogP contribution in [-0.4, -0.2) is 54.9 Å². The zero-order chi connectivity index (χ0) is 17.6. The molecule has 0 radical (unpaired) electrons. The van der Waals surface area contributed by atoms with Crippen molar-refractivity contribution in [3.05, 3.63) is 29.8 Å². The van der Waals surface area contributed by atoms with Crippen molar-refractivity contribution in [2.45, 2.75) is 45.6 Å². The standard InChI is InChI=1S/C19H31N3O2/c1-5-20-18(22-12-10-15(23)14-22)21-11-13-24-17-9-7-6-8-16(17)19(2,3)4/h6-9,15,23H,5,10-14H2,1-4H3,(H,20,21)/t15-/m1/s1. The van der Waals surface area contributed by atoms with E-state index in [4.69, 9.17) is 4.74 Å². The molecule has 1 aliphatic rings. The van der Waals surface area contributed by atoms with Gasteiger partial charge in [0.05, 0.1) is 12.6 Å². The number of aliphatic imine (C=N–C) groups is 1. The Kier molecular flexibility index (Phi) is 6.49. The predicted octanol–water partition coefficient (Wildman–Crippen LogP) is 2.40. The van der Waals surface area contributed by atoms with E-state index in [2.05, 4.69) is 49.0 Å². The lowest BCUT2D eigenvalue weighted by Crippen LogP contribution is -2.40. The predicted molar refractivity (Wildman–Crippen MR) is 98.8 cm³/mol. The van der Waals surface area contributed by atoms with Gasteiger partial charge in [-0.05, 0) is 30.4 Å². The van der Waals surface area contributed by atoms with Crippen LogP contribution in [-0.2, 0) is 5.41 Å². The van der Waals surface area contributed by atoms with Crippen molar-refractivity contribution in [3.8, 4) is 5.75 Å². The quantitative estimate of drug-likeness (QED) is 0.493. The van der Waals surface area contributed by atoms with Gasteiger partial charge in [-0.2, -0.15) is 0 Å². The summed E-state index contributed by atoms with van der Waals surface area (Å²) in [5.74, 6) is 1.79. The summed E-state index contributed by atoms with van der Waals surface area (Å²) in [6, 6.07) is 8.19. The molecule has 5 heteroatoms. The van der Waals surface area contributed by atoms with E-state index in [9.17, 15) is 5.11 Å². The molecule has 134 valence electrons. The minimum absolute atomic E-state index is 0.0560. The largest absolute Gasteiger partial charge is 0.491 e. The fourth-order valence-corrected chi connectivity index (χ4v) is 2.88. The first-order valence-corrected chi connectivity index (χ1v) is 8.85. The molecule has 0 bridgehead atoms. The van der Waals surface area contributed by atoms with Crippen LogP contribution in [0.15, 0.2) is 29.3 Å². The molecule has 5 nitrogen and oxygen atoms in total. The van der Waals surface area contributed by atoms with E-state index in [1.807, 2.05) is 18.2 Å². The smallest absolute Gasteiger partial charge is 0.194 e. The number of β-amino-alcohol motifs (C(OH)–C–C–N with tert-alkyl or cyclic N) is 1. The van der Waals surface area contributed by atoms with Gasteiger partial charge in [0.1, 0.15) is 12.4 Å². The number of guanidine groups is 1. The van der Waals surface area contributed by atoms with Gasteiger partial charge in [0.25, 0.3) is 0 Å². The van der Waals surface area contributed by atoms with Crippen LogP contribution in [0.2, 0.25) is 0 Å². The molecule has 0 spiro atoms. The first kappa shape index (κ1) is 18.6. The minimum Gasteiger partial charge on any atom is -0.491 e. The molecule has 1 aliphatic heterocycles. The van der Waals surface area contributed by atoms with Gasteiger partial charge in [-0.25, -0.2) is 4.99 Å². The van der Waals surface area contributed by atoms with Gasteiger partial charge < -0.3 is 20.1 Å². The molecule has 1 aromatic carbocycles. The van der Waals surface area contributed by atoms with Crippen LogP contribution in [0.4, 0.5) is 0 Å². The number of aliphatic hydroxyl groups excluding tert-OH is 1. The number of ether oxygens (including phenoxy) is 1. The zero-order valence-electron chi connectivity index (χ0n) is 15.4. The summed E-state index contributed by atoms with van der Waals surface area (Å²) in [6.45, 7) is 12.1. The molecule has 0 aliphatic carbocycles. The van der Waals surface area contributed by atoms with Crippen LogP contribution in [0, 0.1) is 0 Å². The van der Waals surface area contributed by atoms with Gasteiger partial charge in [-0.3, -0.25) is 0 Å². The molecule has 1 saturated heterocycles. The number of para-hydroxylation sites is 1. The molecule has 1 fully saturated rings. The summed E-state index contributed by atoms with van der Waals surface area (Å²) < 4.78 is 5.97. The summed E-state index contributed by atoms with van der Waals surface area (Å²) in [7, 11) is 0. The number of aliphatic hydroxyl groups is 1. The maximum Gasteiger partial charge on any atom is 0.194 e. The molecule has 2 N–H and O–H groups in total. The van der Waals surface area contributed by atoms with Gasteiger partial charge in [-0.1, -0.05) is 39.0 Å². The molecule has 0 saturated carbocycles. The number of nitrogens with one attached hydrogen (secondary N) is 1. The number of hydrogen-bond acceptors (Lipinski definition) is 3. The van der Waals surface area contributed by atoms with E-state index in [1.54, 1.807) is 0 Å². The van der Waals surface area contributed by atoms with Crippen LogP contribution in [0.3, 0.4) is 0 Å². The van der Waals surface area contributed by atoms with E-state index in [1.165, 1.54) is 5.56 Å². The zero-order valence-corrected chi connectivity index (χ0v) is 15.4. The molecule has 2 rings (SSSR count). The Morgan fingerprint density at radius 2 is 2.12 bits per heavy atom. The Hall–Kier alpha value is -1.75. The average molecular weight is 333 g/mol. The summed E-state index contributed by atoms with van der Waals surface area (Å²) in [6.07, 6.45) is 0.559. The van der Waals surface area contributed by atoms with Crippen molar-refractivity contribution >= 4 is 5.96 Å². The lowest BCUT2D eigenvalue weighted by Gasteiger charge is -2.23. The highest BCUT2D eigenvalue weighted by atomic mass is 16.5. The second kappa shape index (κ2) is 8.38. The summed E-state index contributed by atoms with van der Waals surface area (Å²) in [5.41, 5.74) is 1.27. The second-order valence-electron chi connectivity index (χ2n) is 7.22. The van der Waals surface area contributed by atoms with Crippen LogP contribution in [0.5, 0.6) is 5.75 Å². The van der Waals surface area contributed by atoms with Crippen LogP contribution in [0.25, 0.3) is 0 Å². The highest BCUT2D eigenvalue weighted by molar-refractivity contribution is 5.80. The summed E-state index contributed by atoms with van der Waals surface area (Å²) >= 11 is 0. The van der Waals surface area contributed by atoms with Crippen molar-refractivity contribution in [2.24, 2.45) is 4.99 Å². The highest BCUT2D eigenvalue weighted by Crippen LogP contribution is 2.30. The van der Waals surface area contributed by atoms with E-state index >= 15 is 0 Å². The fraction of sp³-hybridized carbons (Fsp3) is 0.632. The topological polar surface area (TPSA) is 57.1 Å². The summed E-state index contributed by atoms with van der Waals surface area (Å²) in [5, 5.41) is 13.0. The van der Waals surface area contributed by atoms with Crippen LogP contribution >= 0.6 is 0 Å². The molecule has 0 unspecified atom stereocenters. The minimum atomic E-state index is -0.247. The van der Waals surface area contributed by atoms with E-state index in [0.717, 1.165) is 31.2 Å². The average Bonchev–Trinajstić information content (AvgIpc) is 2.96. The lowest BCUT2D eigenvalue weighted by molar-refractivity contribution is 0.187. The number of benzene rings is 1. The SMILES string of the molecule is CCNC(=NCCOc1ccccc1C(C)(C)C)N1CC[C@@H](O)C1. The molecule has 0 aromatic heterocycles. The molecule has 1 atom stereocenters. The Bertz CT molecular complexity index is 552. The third kappa shape index (κ3) is 5.13. The molecular weight excluding hydrogens is 302 g/mol.